The fourth-order valence-corrected chi connectivity index (χ4v) is 1.90. The van der Waals surface area contributed by atoms with Gasteiger partial charge in [-0.3, -0.25) is 4.79 Å². The van der Waals surface area contributed by atoms with E-state index in [-0.39, 0.29) is 12.2 Å². The van der Waals surface area contributed by atoms with E-state index in [1.54, 1.807) is 30.3 Å². The molecule has 6 nitrogen and oxygen atoms in total. The number of benzene rings is 2. The molecule has 0 saturated heterocycles. The Kier molecular flexibility index (Phi) is 5.92. The summed E-state index contributed by atoms with van der Waals surface area (Å²) in [5.41, 5.74) is 4.03. The number of nitrogens with zero attached hydrogens (tertiary/aromatic N) is 1. The number of ether oxygens (including phenoxy) is 1. The van der Waals surface area contributed by atoms with Gasteiger partial charge < -0.3 is 9.84 Å². The molecule has 0 bridgehead atoms. The molecule has 2 rings (SSSR count). The first-order chi connectivity index (χ1) is 11.5. The fraction of sp³-hybridized carbons (Fsp3) is 0.118. The molecule has 0 spiro atoms. The molecule has 0 atom stereocenters. The maximum absolute atomic E-state index is 11.6. The molecular formula is C17H15ClN2O4. The van der Waals surface area contributed by atoms with E-state index in [4.69, 9.17) is 21.4 Å². The lowest BCUT2D eigenvalue weighted by atomic mass is 10.1. The topological polar surface area (TPSA) is 88.0 Å². The van der Waals surface area contributed by atoms with Gasteiger partial charge in [0.05, 0.1) is 11.8 Å². The van der Waals surface area contributed by atoms with Gasteiger partial charge in [0.1, 0.15) is 5.75 Å². The van der Waals surface area contributed by atoms with Gasteiger partial charge in [0.15, 0.2) is 6.61 Å². The molecule has 7 heteroatoms. The first kappa shape index (κ1) is 17.5. The van der Waals surface area contributed by atoms with E-state index in [1.165, 1.54) is 18.3 Å². The van der Waals surface area contributed by atoms with Crippen molar-refractivity contribution in [3.8, 4) is 5.75 Å². The molecular weight excluding hydrogens is 332 g/mol. The Morgan fingerprint density at radius 1 is 1.25 bits per heavy atom. The predicted octanol–water partition coefficient (Wildman–Crippen LogP) is 2.88. The van der Waals surface area contributed by atoms with Crippen LogP contribution in [-0.4, -0.2) is 29.8 Å². The summed E-state index contributed by atoms with van der Waals surface area (Å²) in [4.78, 5) is 22.4. The SMILES string of the molecule is Cc1cc(OCC(=O)NN=Cc2ccc(C(=O)O)cc2)ccc1Cl. The number of amides is 1. The summed E-state index contributed by atoms with van der Waals surface area (Å²) < 4.78 is 5.34. The van der Waals surface area contributed by atoms with Gasteiger partial charge in [0.25, 0.3) is 5.91 Å². The normalized spacial score (nSPS) is 10.6. The fourth-order valence-electron chi connectivity index (χ4n) is 1.78. The summed E-state index contributed by atoms with van der Waals surface area (Å²) >= 11 is 5.91. The number of carbonyl (C=O) groups is 2. The molecule has 0 radical (unpaired) electrons. The number of hydrazone groups is 1. The number of aromatic carboxylic acids is 1. The minimum Gasteiger partial charge on any atom is -0.484 e. The summed E-state index contributed by atoms with van der Waals surface area (Å²) in [7, 11) is 0. The molecule has 2 aromatic carbocycles. The Hall–Kier alpha value is -2.86. The second kappa shape index (κ2) is 8.12. The molecule has 0 saturated carbocycles. The first-order valence-corrected chi connectivity index (χ1v) is 7.38. The number of carboxylic acid groups (broad SMARTS) is 1. The van der Waals surface area contributed by atoms with Crippen molar-refractivity contribution in [1.82, 2.24) is 5.43 Å². The molecule has 24 heavy (non-hydrogen) atoms. The molecule has 0 heterocycles. The molecule has 0 aliphatic carbocycles. The van der Waals surface area contributed by atoms with Gasteiger partial charge >= 0.3 is 5.97 Å². The van der Waals surface area contributed by atoms with Gasteiger partial charge in [-0.25, -0.2) is 10.2 Å². The van der Waals surface area contributed by atoms with E-state index < -0.39 is 11.9 Å². The van der Waals surface area contributed by atoms with Crippen molar-refractivity contribution in [2.75, 3.05) is 6.61 Å². The number of carbonyl (C=O) groups excluding carboxylic acids is 1. The van der Waals surface area contributed by atoms with E-state index in [9.17, 15) is 9.59 Å². The minimum absolute atomic E-state index is 0.183. The van der Waals surface area contributed by atoms with Crippen LogP contribution in [0.5, 0.6) is 5.75 Å². The monoisotopic (exact) mass is 346 g/mol. The number of hydrogen-bond acceptors (Lipinski definition) is 4. The van der Waals surface area contributed by atoms with Gasteiger partial charge in [-0.2, -0.15) is 5.10 Å². The largest absolute Gasteiger partial charge is 0.484 e. The molecule has 2 aromatic rings. The summed E-state index contributed by atoms with van der Waals surface area (Å²) in [6, 6.07) is 11.2. The van der Waals surface area contributed by atoms with Crippen LogP contribution in [0.4, 0.5) is 0 Å². The lowest BCUT2D eigenvalue weighted by Crippen LogP contribution is -2.24. The number of nitrogens with one attached hydrogen (secondary N) is 1. The molecule has 124 valence electrons. The molecule has 2 N–H and O–H groups in total. The number of carboxylic acids is 1. The zero-order valence-electron chi connectivity index (χ0n) is 12.8. The average Bonchev–Trinajstić information content (AvgIpc) is 2.56. The van der Waals surface area contributed by atoms with Crippen molar-refractivity contribution in [3.05, 3.63) is 64.2 Å². The number of halogens is 1. The third kappa shape index (κ3) is 5.10. The molecule has 0 fully saturated rings. The van der Waals surface area contributed by atoms with Crippen LogP contribution in [0.3, 0.4) is 0 Å². The smallest absolute Gasteiger partial charge is 0.335 e. The summed E-state index contributed by atoms with van der Waals surface area (Å²) in [5, 5.41) is 13.2. The molecule has 0 aromatic heterocycles. The van der Waals surface area contributed by atoms with Crippen LogP contribution in [0, 0.1) is 6.92 Å². The van der Waals surface area contributed by atoms with Crippen molar-refractivity contribution in [2.24, 2.45) is 5.10 Å². The van der Waals surface area contributed by atoms with E-state index in [0.717, 1.165) is 5.56 Å². The molecule has 0 aliphatic rings. The van der Waals surface area contributed by atoms with Crippen LogP contribution >= 0.6 is 11.6 Å². The quantitative estimate of drug-likeness (QED) is 0.622. The maximum atomic E-state index is 11.6. The number of rotatable bonds is 6. The van der Waals surface area contributed by atoms with Gasteiger partial charge in [-0.05, 0) is 48.4 Å². The standard InChI is InChI=1S/C17H15ClN2O4/c1-11-8-14(6-7-15(11)18)24-10-16(21)20-19-9-12-2-4-13(5-3-12)17(22)23/h2-9H,10H2,1H3,(H,20,21)(H,22,23). The van der Waals surface area contributed by atoms with E-state index >= 15 is 0 Å². The Labute approximate surface area is 143 Å². The third-order valence-corrected chi connectivity index (χ3v) is 3.48. The summed E-state index contributed by atoms with van der Waals surface area (Å²) in [6.07, 6.45) is 1.41. The Morgan fingerprint density at radius 2 is 1.96 bits per heavy atom. The first-order valence-electron chi connectivity index (χ1n) is 7.00. The highest BCUT2D eigenvalue weighted by molar-refractivity contribution is 6.31. The Bertz CT molecular complexity index is 773. The van der Waals surface area contributed by atoms with Crippen LogP contribution < -0.4 is 10.2 Å². The van der Waals surface area contributed by atoms with Crippen LogP contribution in [0.1, 0.15) is 21.5 Å². The van der Waals surface area contributed by atoms with Gasteiger partial charge in [0, 0.05) is 5.02 Å². The second-order valence-corrected chi connectivity index (χ2v) is 5.33. The van der Waals surface area contributed by atoms with Gasteiger partial charge in [0.2, 0.25) is 0 Å². The van der Waals surface area contributed by atoms with Crippen molar-refractivity contribution in [1.29, 1.82) is 0 Å². The lowest BCUT2D eigenvalue weighted by Gasteiger charge is -2.06. The zero-order valence-corrected chi connectivity index (χ0v) is 13.6. The zero-order chi connectivity index (χ0) is 17.5. The average molecular weight is 347 g/mol. The van der Waals surface area contributed by atoms with Crippen LogP contribution in [0.15, 0.2) is 47.6 Å². The van der Waals surface area contributed by atoms with Crippen molar-refractivity contribution in [2.45, 2.75) is 6.92 Å². The predicted molar refractivity (Wildman–Crippen MR) is 90.8 cm³/mol. The number of aryl methyl sites for hydroxylation is 1. The van der Waals surface area contributed by atoms with Crippen molar-refractivity contribution < 1.29 is 19.4 Å². The number of hydrogen-bond donors (Lipinski definition) is 2. The van der Waals surface area contributed by atoms with Crippen LogP contribution in [-0.2, 0) is 4.79 Å². The van der Waals surface area contributed by atoms with Crippen LogP contribution in [0.25, 0.3) is 0 Å². The molecule has 0 aliphatic heterocycles. The Morgan fingerprint density at radius 3 is 2.58 bits per heavy atom. The van der Waals surface area contributed by atoms with Crippen molar-refractivity contribution in [3.63, 3.8) is 0 Å². The second-order valence-electron chi connectivity index (χ2n) is 4.92. The van der Waals surface area contributed by atoms with Gasteiger partial charge in [-0.15, -0.1) is 0 Å². The minimum atomic E-state index is -0.999. The van der Waals surface area contributed by atoms with Crippen LogP contribution in [0.2, 0.25) is 5.02 Å². The molecule has 0 unspecified atom stereocenters. The third-order valence-electron chi connectivity index (χ3n) is 3.06. The van der Waals surface area contributed by atoms with E-state index in [1.807, 2.05) is 6.92 Å². The highest BCUT2D eigenvalue weighted by Crippen LogP contribution is 2.20. The van der Waals surface area contributed by atoms with Crippen molar-refractivity contribution >= 4 is 29.7 Å². The lowest BCUT2D eigenvalue weighted by molar-refractivity contribution is -0.123. The summed E-state index contributed by atoms with van der Waals surface area (Å²) in [5.74, 6) is -0.873. The van der Waals surface area contributed by atoms with Gasteiger partial charge in [-0.1, -0.05) is 23.7 Å². The van der Waals surface area contributed by atoms with E-state index in [0.29, 0.717) is 16.3 Å². The highest BCUT2D eigenvalue weighted by Gasteiger charge is 2.03. The van der Waals surface area contributed by atoms with E-state index in [2.05, 4.69) is 10.5 Å². The maximum Gasteiger partial charge on any atom is 0.335 e. The molecule has 1 amide bonds. The highest BCUT2D eigenvalue weighted by atomic mass is 35.5. The summed E-state index contributed by atoms with van der Waals surface area (Å²) in [6.45, 7) is 1.66. The Balaban J connectivity index is 1.81.